The third-order valence-electron chi connectivity index (χ3n) is 11.0. The van der Waals surface area contributed by atoms with E-state index in [1.54, 1.807) is 36.8 Å². The van der Waals surface area contributed by atoms with Gasteiger partial charge in [0, 0.05) is 80.3 Å². The van der Waals surface area contributed by atoms with Crippen LogP contribution in [-0.2, 0) is 13.0 Å². The van der Waals surface area contributed by atoms with Crippen molar-refractivity contribution in [3.8, 4) is 56.1 Å². The van der Waals surface area contributed by atoms with Gasteiger partial charge in [0.1, 0.15) is 48.3 Å². The van der Waals surface area contributed by atoms with Gasteiger partial charge in [0.25, 0.3) is 0 Å². The van der Waals surface area contributed by atoms with E-state index in [4.69, 9.17) is 52.9 Å². The molecule has 1 saturated heterocycles. The van der Waals surface area contributed by atoms with Crippen molar-refractivity contribution in [2.45, 2.75) is 26.9 Å². The van der Waals surface area contributed by atoms with Crippen LogP contribution in [0.15, 0.2) is 73.4 Å². The molecule has 14 nitrogen and oxygen atoms in total. The highest BCUT2D eigenvalue weighted by Gasteiger charge is 2.28. The molecule has 0 saturated carbocycles. The van der Waals surface area contributed by atoms with Gasteiger partial charge in [0.15, 0.2) is 11.6 Å². The first-order valence-electron chi connectivity index (χ1n) is 21.2. The predicted molar refractivity (Wildman–Crippen MR) is 254 cm³/mol. The van der Waals surface area contributed by atoms with E-state index in [-0.39, 0.29) is 32.2 Å². The van der Waals surface area contributed by atoms with Gasteiger partial charge in [0.05, 0.1) is 33.3 Å². The third-order valence-corrected chi connectivity index (χ3v) is 13.1. The minimum absolute atomic E-state index is 0.169. The molecule has 4 bridgehead atoms. The van der Waals surface area contributed by atoms with Crippen molar-refractivity contribution in [2.75, 3.05) is 78.5 Å². The maximum atomic E-state index is 14.1. The van der Waals surface area contributed by atoms with Crippen LogP contribution in [0, 0.1) is 19.7 Å². The molecule has 7 aromatic rings. The minimum Gasteiger partial charge on any atom is -0.490 e. The van der Waals surface area contributed by atoms with Crippen molar-refractivity contribution in [2.24, 2.45) is 5.73 Å². The molecule has 338 valence electrons. The van der Waals surface area contributed by atoms with Crippen LogP contribution in [0.4, 0.5) is 10.3 Å². The van der Waals surface area contributed by atoms with Crippen molar-refractivity contribution in [3.05, 3.63) is 112 Å². The topological polar surface area (TPSA) is 159 Å². The molecule has 0 atom stereocenters. The van der Waals surface area contributed by atoms with Gasteiger partial charge in [-0.2, -0.15) is 0 Å². The fourth-order valence-corrected chi connectivity index (χ4v) is 9.11. The fraction of sp³-hybridized carbons (Fsp3) is 0.319. The first-order valence-corrected chi connectivity index (χ1v) is 22.8. The Balaban J connectivity index is 0.000000651. The number of anilines is 1. The Bertz CT molecular complexity index is 2720. The second kappa shape index (κ2) is 21.0. The molecule has 0 spiro atoms. The van der Waals surface area contributed by atoms with Crippen molar-refractivity contribution < 1.29 is 23.3 Å². The third kappa shape index (κ3) is 10.7. The number of benzene rings is 3. The van der Waals surface area contributed by atoms with E-state index in [1.807, 2.05) is 32.0 Å². The highest BCUT2D eigenvalue weighted by Crippen LogP contribution is 2.52. The number of hydrogen-bond acceptors (Lipinski definition) is 15. The van der Waals surface area contributed by atoms with Crippen molar-refractivity contribution in [1.82, 2.24) is 39.7 Å². The van der Waals surface area contributed by atoms with Gasteiger partial charge in [-0.05, 0) is 86.6 Å². The summed E-state index contributed by atoms with van der Waals surface area (Å²) in [5, 5.41) is 4.48. The second-order valence-corrected chi connectivity index (χ2v) is 17.4. The summed E-state index contributed by atoms with van der Waals surface area (Å²) in [7, 11) is 4.35. The Kier molecular flexibility index (Phi) is 14.8. The summed E-state index contributed by atoms with van der Waals surface area (Å²) < 4.78 is 39.3. The van der Waals surface area contributed by atoms with E-state index in [9.17, 15) is 4.39 Å². The highest BCUT2D eigenvalue weighted by molar-refractivity contribution is 7.22. The number of aromatic nitrogens is 6. The van der Waals surface area contributed by atoms with E-state index < -0.39 is 0 Å². The van der Waals surface area contributed by atoms with Gasteiger partial charge in [-0.15, -0.1) is 11.3 Å². The number of thiophene rings is 1. The minimum atomic E-state index is -0.339. The Hall–Kier alpha value is -5.75. The number of likely N-dealkylation sites (N-methyl/N-ethyl adjacent to an activating group) is 2. The van der Waals surface area contributed by atoms with Crippen LogP contribution < -0.4 is 30.0 Å². The van der Waals surface area contributed by atoms with Gasteiger partial charge in [0.2, 0.25) is 11.8 Å². The SMILES string of the molecule is CN1CCN(C)CC1.Cc1c(Cl)c2c(Cl)c(C)c1-c1c(-c3ccc(F)cc3)sc3ncnc(c13)OCCc1cc(ccc1OCc1ccnc(-c3cnc(NCCN)nc3)n1)OCCO2. The molecular weight excluding hydrogens is 891 g/mol. The molecule has 65 heavy (non-hydrogen) atoms. The lowest BCUT2D eigenvalue weighted by Gasteiger charge is -2.28. The predicted octanol–water partition coefficient (Wildman–Crippen LogP) is 8.54. The van der Waals surface area contributed by atoms with Crippen LogP contribution in [0.2, 0.25) is 10.0 Å². The summed E-state index contributed by atoms with van der Waals surface area (Å²) in [4.78, 5) is 33.3. The summed E-state index contributed by atoms with van der Waals surface area (Å²) in [6.07, 6.45) is 6.91. The monoisotopic (exact) mass is 938 g/mol. The zero-order valence-electron chi connectivity index (χ0n) is 36.5. The lowest BCUT2D eigenvalue weighted by Crippen LogP contribution is -2.42. The van der Waals surface area contributed by atoms with Crippen LogP contribution in [0.5, 0.6) is 23.1 Å². The Labute approximate surface area is 390 Å². The second-order valence-electron chi connectivity index (χ2n) is 15.6. The van der Waals surface area contributed by atoms with E-state index in [0.717, 1.165) is 38.3 Å². The molecular formula is C47H49Cl2FN10O4S. The van der Waals surface area contributed by atoms with E-state index in [1.165, 1.54) is 56.0 Å². The molecule has 18 heteroatoms. The van der Waals surface area contributed by atoms with Gasteiger partial charge in [-0.25, -0.2) is 34.3 Å². The van der Waals surface area contributed by atoms with Crippen molar-refractivity contribution in [3.63, 3.8) is 0 Å². The first-order chi connectivity index (χ1) is 31.6. The van der Waals surface area contributed by atoms with Crippen molar-refractivity contribution >= 4 is 50.7 Å². The molecule has 0 radical (unpaired) electrons. The van der Waals surface area contributed by atoms with Crippen LogP contribution in [0.1, 0.15) is 22.4 Å². The van der Waals surface area contributed by atoms with Gasteiger partial charge < -0.3 is 39.8 Å². The molecule has 4 aromatic heterocycles. The Morgan fingerprint density at radius 3 is 2.23 bits per heavy atom. The van der Waals surface area contributed by atoms with Crippen LogP contribution in [-0.4, -0.2) is 113 Å². The zero-order chi connectivity index (χ0) is 45.5. The molecule has 0 unspecified atom stereocenters. The summed E-state index contributed by atoms with van der Waals surface area (Å²) in [6, 6.07) is 13.7. The Morgan fingerprint density at radius 2 is 1.52 bits per heavy atom. The summed E-state index contributed by atoms with van der Waals surface area (Å²) in [5.74, 6) is 2.60. The number of nitrogens with two attached hydrogens (primary N) is 1. The van der Waals surface area contributed by atoms with Gasteiger partial charge in [-0.1, -0.05) is 35.3 Å². The van der Waals surface area contributed by atoms with Crippen LogP contribution >= 0.6 is 34.5 Å². The summed E-state index contributed by atoms with van der Waals surface area (Å²) >= 11 is 15.5. The number of ether oxygens (including phenoxy) is 4. The molecule has 3 aliphatic rings. The van der Waals surface area contributed by atoms with Crippen LogP contribution in [0.25, 0.3) is 43.2 Å². The number of nitrogens with one attached hydrogen (secondary N) is 1. The number of fused-ring (bicyclic) bond motifs is 7. The standard InChI is InChI=1S/C41H35Cl2FN8O4S.C6H14N2/c1-22-31-23(2)35(43)36(34(22)42)54-16-15-53-29-7-8-30(56-20-28-9-12-46-38(52-28)26-18-48-41(49-19-26)47-13-11-45)25(17-29)10-14-55-39-33-32(31)37(57-40(33)51-21-50-39)24-3-5-27(44)6-4-24;1-7-3-5-8(2)6-4-7/h3-9,12,17-19,21H,10-11,13-16,20,45H2,1-2H3,(H,47,48,49);3-6H2,1-2H3. The summed E-state index contributed by atoms with van der Waals surface area (Å²) in [6.45, 7) is 10.6. The maximum Gasteiger partial charge on any atom is 0.226 e. The zero-order valence-corrected chi connectivity index (χ0v) is 38.9. The largest absolute Gasteiger partial charge is 0.490 e. The highest BCUT2D eigenvalue weighted by atomic mass is 35.5. The molecule has 1 fully saturated rings. The molecule has 0 aliphatic carbocycles. The van der Waals surface area contributed by atoms with E-state index in [0.29, 0.717) is 85.9 Å². The quantitative estimate of drug-likeness (QED) is 0.149. The normalized spacial score (nSPS) is 14.4. The average molecular weight is 940 g/mol. The van der Waals surface area contributed by atoms with E-state index in [2.05, 4.69) is 54.1 Å². The summed E-state index contributed by atoms with van der Waals surface area (Å²) in [5.41, 5.74) is 11.6. The van der Waals surface area contributed by atoms with E-state index >= 15 is 0 Å². The molecule has 3 aliphatic heterocycles. The lowest BCUT2D eigenvalue weighted by molar-refractivity contribution is 0.181. The van der Waals surface area contributed by atoms with Gasteiger partial charge in [-0.3, -0.25) is 0 Å². The van der Waals surface area contributed by atoms with Crippen molar-refractivity contribution in [1.29, 1.82) is 0 Å². The number of nitrogens with zero attached hydrogens (tertiary/aromatic N) is 8. The maximum absolute atomic E-state index is 14.1. The lowest BCUT2D eigenvalue weighted by atomic mass is 9.92. The Morgan fingerprint density at radius 1 is 0.815 bits per heavy atom. The number of halogens is 3. The first kappa shape index (κ1) is 45.8. The smallest absolute Gasteiger partial charge is 0.226 e. The molecule has 10 rings (SSSR count). The molecule has 0 amide bonds. The van der Waals surface area contributed by atoms with Crippen LogP contribution in [0.3, 0.4) is 0 Å². The van der Waals surface area contributed by atoms with Gasteiger partial charge >= 0.3 is 0 Å². The fourth-order valence-electron chi connectivity index (χ4n) is 7.43. The molecule has 3 aromatic carbocycles. The number of hydrogen-bond donors (Lipinski definition) is 2. The number of rotatable bonds is 8. The molecule has 7 heterocycles. The molecule has 3 N–H and O–H groups in total. The number of piperazine rings is 1. The average Bonchev–Trinajstić information content (AvgIpc) is 3.71.